The van der Waals surface area contributed by atoms with Crippen LogP contribution in [0.2, 0.25) is 0 Å². The summed E-state index contributed by atoms with van der Waals surface area (Å²) in [6.45, 7) is 1.96. The van der Waals surface area contributed by atoms with Gasteiger partial charge in [-0.1, -0.05) is 90.4 Å². The Labute approximate surface area is 221 Å². The van der Waals surface area contributed by atoms with Gasteiger partial charge in [0.15, 0.2) is 0 Å². The van der Waals surface area contributed by atoms with Crippen LogP contribution in [0.5, 0.6) is 0 Å². The maximum absolute atomic E-state index is 12.1. The Kier molecular flexibility index (Phi) is 18.7. The van der Waals surface area contributed by atoms with Crippen LogP contribution >= 0.6 is 7.82 Å². The molecule has 3 unspecified atom stereocenters. The molecule has 0 saturated heterocycles. The maximum atomic E-state index is 12.1. The number of rotatable bonds is 22. The summed E-state index contributed by atoms with van der Waals surface area (Å²) in [5.41, 5.74) is 0. The van der Waals surface area contributed by atoms with Crippen LogP contribution in [0.15, 0.2) is 0 Å². The summed E-state index contributed by atoms with van der Waals surface area (Å²) in [6, 6.07) is 0. The Hall–Kier alpha value is -0.170. The monoisotopic (exact) mass is 558 g/mol. The molecule has 0 amide bonds. The van der Waals surface area contributed by atoms with Crippen molar-refractivity contribution in [3.8, 4) is 0 Å². The number of hydrogen-bond donors (Lipinski definition) is 7. The molecular weight excluding hydrogens is 507 g/mol. The third-order valence-corrected chi connectivity index (χ3v) is 7.70. The lowest BCUT2D eigenvalue weighted by molar-refractivity contribution is -0.220. The molecule has 0 aromatic rings. The Bertz CT molecular complexity index is 595. The summed E-state index contributed by atoms with van der Waals surface area (Å²) < 4.78 is 26.8. The molecule has 1 aliphatic carbocycles. The van der Waals surface area contributed by atoms with Crippen LogP contribution < -0.4 is 0 Å². The minimum Gasteiger partial charge on any atom is -0.388 e. The van der Waals surface area contributed by atoms with Crippen molar-refractivity contribution in [2.24, 2.45) is 0 Å². The third-order valence-electron chi connectivity index (χ3n) is 6.71. The first-order chi connectivity index (χ1) is 17.6. The molecule has 0 aromatic heterocycles. The average molecular weight is 559 g/mol. The topological polar surface area (TPSA) is 186 Å². The zero-order valence-electron chi connectivity index (χ0n) is 22.3. The van der Waals surface area contributed by atoms with Gasteiger partial charge in [0, 0.05) is 6.61 Å². The molecule has 0 heterocycles. The Morgan fingerprint density at radius 1 is 0.649 bits per heavy atom. The van der Waals surface area contributed by atoms with Crippen molar-refractivity contribution in [2.45, 2.75) is 140 Å². The van der Waals surface area contributed by atoms with Gasteiger partial charge in [-0.05, 0) is 6.42 Å². The molecule has 0 bridgehead atoms. The summed E-state index contributed by atoms with van der Waals surface area (Å²) >= 11 is 0. The molecule has 37 heavy (non-hydrogen) atoms. The van der Waals surface area contributed by atoms with Gasteiger partial charge < -0.3 is 40.3 Å². The molecule has 0 aliphatic heterocycles. The van der Waals surface area contributed by atoms with Gasteiger partial charge in [-0.25, -0.2) is 4.57 Å². The number of phosphoric acid groups is 1. The van der Waals surface area contributed by atoms with Crippen molar-refractivity contribution in [1.29, 1.82) is 0 Å². The SMILES string of the molecule is CCCCCCCCCCCCCCCCOC[C@@H](O)COP(=O)(O)OC1[C@H](O)[C@H](O)C(O)[C@H](O)[C@H]1O. The van der Waals surface area contributed by atoms with E-state index in [2.05, 4.69) is 16.0 Å². The molecule has 1 fully saturated rings. The predicted octanol–water partition coefficient (Wildman–Crippen LogP) is 2.17. The summed E-state index contributed by atoms with van der Waals surface area (Å²) in [4.78, 5) is 9.81. The molecule has 0 radical (unpaired) electrons. The molecule has 222 valence electrons. The van der Waals surface area contributed by atoms with Crippen molar-refractivity contribution in [3.05, 3.63) is 0 Å². The quantitative estimate of drug-likeness (QED) is 0.0762. The molecule has 12 heteroatoms. The second kappa shape index (κ2) is 19.8. The van der Waals surface area contributed by atoms with Crippen LogP contribution in [-0.2, 0) is 18.3 Å². The van der Waals surface area contributed by atoms with Gasteiger partial charge in [0.1, 0.15) is 42.7 Å². The fourth-order valence-electron chi connectivity index (χ4n) is 4.35. The number of unbranched alkanes of at least 4 members (excludes halogenated alkanes) is 13. The standard InChI is InChI=1S/C25H51O11P/c1-2-3-4-5-6-7-8-9-10-11-12-13-14-15-16-34-17-19(26)18-35-37(32,33)36-25-23(30)21(28)20(27)22(29)24(25)31/h19-31H,2-18H2,1H3,(H,32,33)/t19-,20?,21-,22+,23-,24-,25?/m1/s1. The zero-order chi connectivity index (χ0) is 27.7. The van der Waals surface area contributed by atoms with E-state index >= 15 is 0 Å². The highest BCUT2D eigenvalue weighted by Gasteiger charge is 2.51. The summed E-state index contributed by atoms with van der Waals surface area (Å²) in [6.07, 6.45) is 4.86. The zero-order valence-corrected chi connectivity index (χ0v) is 23.2. The van der Waals surface area contributed by atoms with Gasteiger partial charge in [-0.2, -0.15) is 0 Å². The van der Waals surface area contributed by atoms with Crippen molar-refractivity contribution >= 4 is 7.82 Å². The van der Waals surface area contributed by atoms with Gasteiger partial charge >= 0.3 is 7.82 Å². The first kappa shape index (κ1) is 34.9. The van der Waals surface area contributed by atoms with E-state index in [4.69, 9.17) is 4.74 Å². The molecule has 1 saturated carbocycles. The third kappa shape index (κ3) is 14.7. The first-order valence-electron chi connectivity index (χ1n) is 13.9. The minimum atomic E-state index is -4.88. The predicted molar refractivity (Wildman–Crippen MR) is 138 cm³/mol. The molecular formula is C25H51O11P. The Morgan fingerprint density at radius 2 is 1.05 bits per heavy atom. The largest absolute Gasteiger partial charge is 0.472 e. The average Bonchev–Trinajstić information content (AvgIpc) is 2.87. The highest BCUT2D eigenvalue weighted by atomic mass is 31.2. The first-order valence-corrected chi connectivity index (χ1v) is 15.4. The molecule has 0 aromatic carbocycles. The van der Waals surface area contributed by atoms with E-state index < -0.39 is 57.2 Å². The summed E-state index contributed by atoms with van der Waals surface area (Å²) in [5.74, 6) is 0. The molecule has 0 spiro atoms. The van der Waals surface area contributed by atoms with Crippen molar-refractivity contribution in [2.75, 3.05) is 19.8 Å². The molecule has 11 nitrogen and oxygen atoms in total. The molecule has 7 N–H and O–H groups in total. The van der Waals surface area contributed by atoms with E-state index in [1.165, 1.54) is 70.6 Å². The van der Waals surface area contributed by atoms with E-state index in [1.54, 1.807) is 0 Å². The van der Waals surface area contributed by atoms with Crippen LogP contribution in [0.3, 0.4) is 0 Å². The van der Waals surface area contributed by atoms with Crippen LogP contribution in [0.1, 0.15) is 96.8 Å². The number of phosphoric ester groups is 1. The van der Waals surface area contributed by atoms with Crippen molar-refractivity contribution < 1.29 is 53.9 Å². The fraction of sp³-hybridized carbons (Fsp3) is 1.00. The van der Waals surface area contributed by atoms with Gasteiger partial charge in [-0.15, -0.1) is 0 Å². The molecule has 1 aliphatic rings. The maximum Gasteiger partial charge on any atom is 0.472 e. The number of hydrogen-bond acceptors (Lipinski definition) is 10. The minimum absolute atomic E-state index is 0.114. The highest BCUT2D eigenvalue weighted by molar-refractivity contribution is 7.47. The smallest absolute Gasteiger partial charge is 0.388 e. The van der Waals surface area contributed by atoms with E-state index in [-0.39, 0.29) is 6.61 Å². The lowest BCUT2D eigenvalue weighted by Gasteiger charge is -2.41. The van der Waals surface area contributed by atoms with Crippen LogP contribution in [-0.4, -0.2) is 98.1 Å². The number of aliphatic hydroxyl groups excluding tert-OH is 6. The van der Waals surface area contributed by atoms with Crippen molar-refractivity contribution in [1.82, 2.24) is 0 Å². The van der Waals surface area contributed by atoms with E-state index in [9.17, 15) is 40.1 Å². The van der Waals surface area contributed by atoms with E-state index in [0.29, 0.717) is 6.61 Å². The van der Waals surface area contributed by atoms with Gasteiger partial charge in [0.05, 0.1) is 13.2 Å². The number of ether oxygens (including phenoxy) is 1. The lowest BCUT2D eigenvalue weighted by atomic mass is 9.85. The van der Waals surface area contributed by atoms with Crippen LogP contribution in [0, 0.1) is 0 Å². The van der Waals surface area contributed by atoms with Crippen LogP contribution in [0.4, 0.5) is 0 Å². The lowest BCUT2D eigenvalue weighted by Crippen LogP contribution is -2.64. The molecule has 1 rings (SSSR count). The van der Waals surface area contributed by atoms with E-state index in [1.807, 2.05) is 0 Å². The normalized spacial score (nSPS) is 28.8. The Morgan fingerprint density at radius 3 is 1.51 bits per heavy atom. The van der Waals surface area contributed by atoms with Gasteiger partial charge in [0.25, 0.3) is 0 Å². The Balaban J connectivity index is 2.03. The van der Waals surface area contributed by atoms with Gasteiger partial charge in [-0.3, -0.25) is 9.05 Å². The summed E-state index contributed by atoms with van der Waals surface area (Å²) in [5, 5.41) is 58.5. The second-order valence-corrected chi connectivity index (χ2v) is 11.5. The van der Waals surface area contributed by atoms with Crippen LogP contribution in [0.25, 0.3) is 0 Å². The number of aliphatic hydroxyl groups is 6. The fourth-order valence-corrected chi connectivity index (χ4v) is 5.33. The highest BCUT2D eigenvalue weighted by Crippen LogP contribution is 2.47. The van der Waals surface area contributed by atoms with Gasteiger partial charge in [0.2, 0.25) is 0 Å². The molecule has 8 atom stereocenters. The van der Waals surface area contributed by atoms with E-state index in [0.717, 1.165) is 19.3 Å². The van der Waals surface area contributed by atoms with Crippen molar-refractivity contribution in [3.63, 3.8) is 0 Å². The summed E-state index contributed by atoms with van der Waals surface area (Å²) in [7, 11) is -4.88. The second-order valence-electron chi connectivity index (χ2n) is 10.1.